The van der Waals surface area contributed by atoms with E-state index in [4.69, 9.17) is 14.7 Å². The minimum atomic E-state index is 0.156. The normalized spacial score (nSPS) is 18.8. The minimum Gasteiger partial charge on any atom is -0.395 e. The number of aliphatic hydroxyl groups is 1. The SMILES string of the molecule is Cc1sc2nc(CN3CCOCC3)nc(N(CCO)C3CC3)c2c1C. The van der Waals surface area contributed by atoms with Crippen molar-refractivity contribution in [1.82, 2.24) is 14.9 Å². The Morgan fingerprint density at radius 1 is 1.24 bits per heavy atom. The molecular formula is C18H26N4O2S. The van der Waals surface area contributed by atoms with Gasteiger partial charge in [-0.1, -0.05) is 0 Å². The van der Waals surface area contributed by atoms with Crippen molar-refractivity contribution in [3.63, 3.8) is 0 Å². The maximum absolute atomic E-state index is 9.55. The largest absolute Gasteiger partial charge is 0.395 e. The third-order valence-electron chi connectivity index (χ3n) is 5.13. The average Bonchev–Trinajstić information content (AvgIpc) is 3.40. The number of rotatable bonds is 6. The lowest BCUT2D eigenvalue weighted by Crippen LogP contribution is -2.36. The first-order valence-corrected chi connectivity index (χ1v) is 9.93. The van der Waals surface area contributed by atoms with E-state index in [0.29, 0.717) is 12.6 Å². The van der Waals surface area contributed by atoms with Crippen LogP contribution in [0.3, 0.4) is 0 Å². The average molecular weight is 362 g/mol. The smallest absolute Gasteiger partial charge is 0.146 e. The molecule has 1 saturated heterocycles. The van der Waals surface area contributed by atoms with E-state index in [1.807, 2.05) is 0 Å². The van der Waals surface area contributed by atoms with Crippen LogP contribution in [0.1, 0.15) is 29.1 Å². The summed E-state index contributed by atoms with van der Waals surface area (Å²) in [4.78, 5) is 16.9. The number of aliphatic hydroxyl groups excluding tert-OH is 1. The van der Waals surface area contributed by atoms with E-state index in [1.54, 1.807) is 11.3 Å². The van der Waals surface area contributed by atoms with Gasteiger partial charge < -0.3 is 14.7 Å². The number of aromatic nitrogens is 2. The quantitative estimate of drug-likeness (QED) is 0.849. The summed E-state index contributed by atoms with van der Waals surface area (Å²) in [7, 11) is 0. The Hall–Kier alpha value is -1.28. The summed E-state index contributed by atoms with van der Waals surface area (Å²) in [6.45, 7) is 9.30. The van der Waals surface area contributed by atoms with Crippen LogP contribution >= 0.6 is 11.3 Å². The van der Waals surface area contributed by atoms with Crippen molar-refractivity contribution in [1.29, 1.82) is 0 Å². The highest BCUT2D eigenvalue weighted by molar-refractivity contribution is 7.18. The predicted molar refractivity (Wildman–Crippen MR) is 100 cm³/mol. The van der Waals surface area contributed by atoms with Crippen molar-refractivity contribution in [2.45, 2.75) is 39.3 Å². The van der Waals surface area contributed by atoms with Crippen LogP contribution in [0, 0.1) is 13.8 Å². The summed E-state index contributed by atoms with van der Waals surface area (Å²) in [6, 6.07) is 0.515. The third kappa shape index (κ3) is 3.51. The Labute approximate surface area is 152 Å². The van der Waals surface area contributed by atoms with Gasteiger partial charge in [-0.15, -0.1) is 11.3 Å². The van der Waals surface area contributed by atoms with Gasteiger partial charge in [0.2, 0.25) is 0 Å². The molecule has 2 aromatic heterocycles. The molecule has 0 bridgehead atoms. The molecule has 6 nitrogen and oxygen atoms in total. The number of fused-ring (bicyclic) bond motifs is 1. The zero-order valence-electron chi connectivity index (χ0n) is 15.0. The molecule has 2 fully saturated rings. The summed E-state index contributed by atoms with van der Waals surface area (Å²) in [5, 5.41) is 10.7. The maximum atomic E-state index is 9.55. The highest BCUT2D eigenvalue weighted by Crippen LogP contribution is 2.39. The summed E-state index contributed by atoms with van der Waals surface area (Å²) >= 11 is 1.75. The van der Waals surface area contributed by atoms with Gasteiger partial charge in [0.05, 0.1) is 31.8 Å². The molecule has 136 valence electrons. The molecule has 4 rings (SSSR count). The molecule has 0 unspecified atom stereocenters. The maximum Gasteiger partial charge on any atom is 0.146 e. The van der Waals surface area contributed by atoms with Crippen molar-refractivity contribution >= 4 is 27.4 Å². The predicted octanol–water partition coefficient (Wildman–Crippen LogP) is 2.10. The lowest BCUT2D eigenvalue weighted by atomic mass is 10.2. The second kappa shape index (κ2) is 7.15. The van der Waals surface area contributed by atoms with E-state index >= 15 is 0 Å². The van der Waals surface area contributed by atoms with Gasteiger partial charge in [-0.25, -0.2) is 9.97 Å². The van der Waals surface area contributed by atoms with Gasteiger partial charge in [0.1, 0.15) is 16.5 Å². The van der Waals surface area contributed by atoms with E-state index < -0.39 is 0 Å². The minimum absolute atomic E-state index is 0.156. The zero-order valence-corrected chi connectivity index (χ0v) is 15.8. The third-order valence-corrected chi connectivity index (χ3v) is 6.23. The fourth-order valence-corrected chi connectivity index (χ4v) is 4.51. The summed E-state index contributed by atoms with van der Waals surface area (Å²) < 4.78 is 5.44. The number of morpholine rings is 1. The van der Waals surface area contributed by atoms with Crippen molar-refractivity contribution in [2.24, 2.45) is 0 Å². The molecule has 25 heavy (non-hydrogen) atoms. The van der Waals surface area contributed by atoms with Crippen LogP contribution in [0.25, 0.3) is 10.2 Å². The van der Waals surface area contributed by atoms with Crippen LogP contribution in [0.2, 0.25) is 0 Å². The van der Waals surface area contributed by atoms with Crippen LogP contribution < -0.4 is 4.90 Å². The molecular weight excluding hydrogens is 336 g/mol. The van der Waals surface area contributed by atoms with Crippen molar-refractivity contribution in [2.75, 3.05) is 44.4 Å². The summed E-state index contributed by atoms with van der Waals surface area (Å²) in [6.07, 6.45) is 2.37. The van der Waals surface area contributed by atoms with Crippen molar-refractivity contribution in [3.8, 4) is 0 Å². The molecule has 0 atom stereocenters. The molecule has 1 aliphatic heterocycles. The standard InChI is InChI=1S/C18H26N4O2S/c1-12-13(2)25-18-16(12)17(22(5-8-23)14-3-4-14)19-15(20-18)11-21-6-9-24-10-7-21/h14,23H,3-11H2,1-2H3. The van der Waals surface area contributed by atoms with E-state index in [-0.39, 0.29) is 6.61 Å². The first-order valence-electron chi connectivity index (χ1n) is 9.11. The number of hydrogen-bond acceptors (Lipinski definition) is 7. The Kier molecular flexibility index (Phi) is 4.90. The molecule has 2 aromatic rings. The van der Waals surface area contributed by atoms with E-state index in [1.165, 1.54) is 28.7 Å². The monoisotopic (exact) mass is 362 g/mol. The van der Waals surface area contributed by atoms with Crippen molar-refractivity contribution < 1.29 is 9.84 Å². The first-order chi connectivity index (χ1) is 12.2. The molecule has 0 radical (unpaired) electrons. The molecule has 7 heteroatoms. The molecule has 0 spiro atoms. The molecule has 0 aromatic carbocycles. The number of nitrogens with zero attached hydrogens (tertiary/aromatic N) is 4. The molecule has 1 N–H and O–H groups in total. The van der Waals surface area contributed by atoms with E-state index in [0.717, 1.165) is 49.3 Å². The number of hydrogen-bond donors (Lipinski definition) is 1. The van der Waals surface area contributed by atoms with Gasteiger partial charge in [0.15, 0.2) is 0 Å². The fourth-order valence-electron chi connectivity index (χ4n) is 3.46. The van der Waals surface area contributed by atoms with Crippen LogP contribution in [0.15, 0.2) is 0 Å². The number of anilines is 1. The van der Waals surface area contributed by atoms with Crippen LogP contribution in [0.4, 0.5) is 5.82 Å². The Bertz CT molecular complexity index is 753. The van der Waals surface area contributed by atoms with Gasteiger partial charge in [-0.3, -0.25) is 4.90 Å². The zero-order chi connectivity index (χ0) is 17.4. The lowest BCUT2D eigenvalue weighted by Gasteiger charge is -2.27. The van der Waals surface area contributed by atoms with Crippen LogP contribution in [-0.4, -0.2) is 65.5 Å². The van der Waals surface area contributed by atoms with E-state index in [2.05, 4.69) is 23.6 Å². The van der Waals surface area contributed by atoms with Gasteiger partial charge in [0.25, 0.3) is 0 Å². The van der Waals surface area contributed by atoms with Crippen LogP contribution in [0.5, 0.6) is 0 Å². The van der Waals surface area contributed by atoms with Crippen LogP contribution in [-0.2, 0) is 11.3 Å². The second-order valence-corrected chi connectivity index (χ2v) is 8.17. The number of thiophene rings is 1. The van der Waals surface area contributed by atoms with Gasteiger partial charge >= 0.3 is 0 Å². The Morgan fingerprint density at radius 2 is 2.00 bits per heavy atom. The summed E-state index contributed by atoms with van der Waals surface area (Å²) in [5.41, 5.74) is 1.27. The first kappa shape index (κ1) is 17.1. The van der Waals surface area contributed by atoms with Gasteiger partial charge in [0, 0.05) is 30.6 Å². The van der Waals surface area contributed by atoms with Crippen molar-refractivity contribution in [3.05, 3.63) is 16.3 Å². The topological polar surface area (TPSA) is 61.7 Å². The highest BCUT2D eigenvalue weighted by atomic mass is 32.1. The molecule has 0 amide bonds. The number of aryl methyl sites for hydroxylation is 2. The number of ether oxygens (including phenoxy) is 1. The molecule has 1 aliphatic carbocycles. The Balaban J connectivity index is 1.74. The highest BCUT2D eigenvalue weighted by Gasteiger charge is 2.32. The second-order valence-electron chi connectivity index (χ2n) is 6.96. The molecule has 1 saturated carbocycles. The van der Waals surface area contributed by atoms with Gasteiger partial charge in [-0.05, 0) is 32.3 Å². The fraction of sp³-hybridized carbons (Fsp3) is 0.667. The Morgan fingerprint density at radius 3 is 2.68 bits per heavy atom. The molecule has 3 heterocycles. The lowest BCUT2D eigenvalue weighted by molar-refractivity contribution is 0.0331. The summed E-state index contributed by atoms with van der Waals surface area (Å²) in [5.74, 6) is 1.90. The molecule has 2 aliphatic rings. The van der Waals surface area contributed by atoms with E-state index in [9.17, 15) is 5.11 Å². The van der Waals surface area contributed by atoms with Gasteiger partial charge in [-0.2, -0.15) is 0 Å².